The van der Waals surface area contributed by atoms with Crippen LogP contribution in [0, 0.1) is 0 Å². The van der Waals surface area contributed by atoms with Gasteiger partial charge in [0.2, 0.25) is 0 Å². The van der Waals surface area contributed by atoms with Crippen molar-refractivity contribution in [2.24, 2.45) is 5.73 Å². The minimum atomic E-state index is 0.477. The number of likely N-dealkylation sites (N-methyl/N-ethyl adjacent to an activating group) is 1. The minimum absolute atomic E-state index is 0.477. The van der Waals surface area contributed by atoms with Gasteiger partial charge in [-0.15, -0.1) is 0 Å². The van der Waals surface area contributed by atoms with Crippen molar-refractivity contribution in [2.75, 3.05) is 26.2 Å². The molecule has 0 amide bonds. The molecule has 2 unspecified atom stereocenters. The first-order valence-electron chi connectivity index (χ1n) is 6.33. The van der Waals surface area contributed by atoms with E-state index < -0.39 is 0 Å². The van der Waals surface area contributed by atoms with Crippen LogP contribution < -0.4 is 5.73 Å². The van der Waals surface area contributed by atoms with Gasteiger partial charge in [-0.1, -0.05) is 6.92 Å². The molecular formula is C12H26N2O. The molecule has 0 bridgehead atoms. The van der Waals surface area contributed by atoms with Crippen molar-refractivity contribution in [3.05, 3.63) is 0 Å². The molecule has 1 aliphatic heterocycles. The molecule has 0 saturated carbocycles. The van der Waals surface area contributed by atoms with Crippen LogP contribution in [0.15, 0.2) is 0 Å². The second kappa shape index (κ2) is 7.20. The smallest absolute Gasteiger partial charge is 0.0702 e. The van der Waals surface area contributed by atoms with E-state index in [1.165, 1.54) is 19.3 Å². The zero-order valence-electron chi connectivity index (χ0n) is 10.2. The average Bonchev–Trinajstić information content (AvgIpc) is 2.75. The number of ether oxygens (including phenoxy) is 1. The summed E-state index contributed by atoms with van der Waals surface area (Å²) >= 11 is 0. The van der Waals surface area contributed by atoms with E-state index in [1.54, 1.807) is 0 Å². The van der Waals surface area contributed by atoms with Crippen molar-refractivity contribution in [1.29, 1.82) is 0 Å². The van der Waals surface area contributed by atoms with Crippen LogP contribution in [0.2, 0.25) is 0 Å². The van der Waals surface area contributed by atoms with E-state index in [-0.39, 0.29) is 0 Å². The minimum Gasteiger partial charge on any atom is -0.377 e. The Morgan fingerprint density at radius 1 is 1.53 bits per heavy atom. The maximum Gasteiger partial charge on any atom is 0.0702 e. The molecule has 0 radical (unpaired) electrons. The van der Waals surface area contributed by atoms with Gasteiger partial charge in [0.1, 0.15) is 0 Å². The molecule has 1 rings (SSSR count). The third kappa shape index (κ3) is 4.49. The Bertz CT molecular complexity index is 158. The van der Waals surface area contributed by atoms with E-state index in [4.69, 9.17) is 10.5 Å². The first kappa shape index (κ1) is 12.9. The summed E-state index contributed by atoms with van der Waals surface area (Å²) < 4.78 is 5.67. The SMILES string of the molecule is CCN(CC1CCCO1)C(C)CCCN. The molecule has 1 heterocycles. The van der Waals surface area contributed by atoms with Crippen LogP contribution in [0.25, 0.3) is 0 Å². The van der Waals surface area contributed by atoms with Crippen LogP contribution in [0.3, 0.4) is 0 Å². The van der Waals surface area contributed by atoms with Gasteiger partial charge in [0.25, 0.3) is 0 Å². The molecule has 3 nitrogen and oxygen atoms in total. The molecule has 0 aromatic rings. The molecule has 15 heavy (non-hydrogen) atoms. The molecule has 2 N–H and O–H groups in total. The highest BCUT2D eigenvalue weighted by Gasteiger charge is 2.20. The molecule has 0 aliphatic carbocycles. The summed E-state index contributed by atoms with van der Waals surface area (Å²) in [6.45, 7) is 8.51. The molecule has 1 aliphatic rings. The highest BCUT2D eigenvalue weighted by atomic mass is 16.5. The molecule has 90 valence electrons. The Hall–Kier alpha value is -0.120. The zero-order valence-corrected chi connectivity index (χ0v) is 10.2. The number of hydrogen-bond acceptors (Lipinski definition) is 3. The highest BCUT2D eigenvalue weighted by molar-refractivity contribution is 4.74. The summed E-state index contributed by atoms with van der Waals surface area (Å²) in [5, 5.41) is 0. The molecule has 3 heteroatoms. The number of hydrogen-bond donors (Lipinski definition) is 1. The fraction of sp³-hybridized carbons (Fsp3) is 1.00. The Morgan fingerprint density at radius 2 is 2.33 bits per heavy atom. The lowest BCUT2D eigenvalue weighted by atomic mass is 10.1. The third-order valence-electron chi connectivity index (χ3n) is 3.32. The van der Waals surface area contributed by atoms with Crippen molar-refractivity contribution < 1.29 is 4.74 Å². The number of nitrogens with zero attached hydrogens (tertiary/aromatic N) is 1. The van der Waals surface area contributed by atoms with Gasteiger partial charge in [-0.25, -0.2) is 0 Å². The van der Waals surface area contributed by atoms with Crippen LogP contribution in [0.5, 0.6) is 0 Å². The number of rotatable bonds is 7. The van der Waals surface area contributed by atoms with E-state index >= 15 is 0 Å². The normalized spacial score (nSPS) is 23.6. The predicted octanol–water partition coefficient (Wildman–Crippen LogP) is 1.61. The van der Waals surface area contributed by atoms with Crippen molar-refractivity contribution in [2.45, 2.75) is 51.7 Å². The van der Waals surface area contributed by atoms with E-state index in [2.05, 4.69) is 18.7 Å². The maximum absolute atomic E-state index is 5.67. The monoisotopic (exact) mass is 214 g/mol. The van der Waals surface area contributed by atoms with Crippen molar-refractivity contribution in [3.8, 4) is 0 Å². The lowest BCUT2D eigenvalue weighted by Gasteiger charge is -2.29. The van der Waals surface area contributed by atoms with Gasteiger partial charge in [-0.05, 0) is 45.7 Å². The van der Waals surface area contributed by atoms with Gasteiger partial charge in [0.05, 0.1) is 6.10 Å². The van der Waals surface area contributed by atoms with Crippen LogP contribution in [0.4, 0.5) is 0 Å². The standard InChI is InChI=1S/C12H26N2O/c1-3-14(11(2)6-4-8-13)10-12-7-5-9-15-12/h11-12H,3-10,13H2,1-2H3. The molecule has 1 saturated heterocycles. The second-order valence-corrected chi connectivity index (χ2v) is 4.50. The molecular weight excluding hydrogens is 188 g/mol. The lowest BCUT2D eigenvalue weighted by Crippen LogP contribution is -2.39. The summed E-state index contributed by atoms with van der Waals surface area (Å²) in [5.41, 5.74) is 5.54. The Kier molecular flexibility index (Phi) is 6.22. The zero-order chi connectivity index (χ0) is 11.1. The Morgan fingerprint density at radius 3 is 2.87 bits per heavy atom. The maximum atomic E-state index is 5.67. The Labute approximate surface area is 94.0 Å². The fourth-order valence-electron chi connectivity index (χ4n) is 2.27. The summed E-state index contributed by atoms with van der Waals surface area (Å²) in [5.74, 6) is 0. The van der Waals surface area contributed by atoms with Crippen LogP contribution in [-0.2, 0) is 4.74 Å². The van der Waals surface area contributed by atoms with Crippen molar-refractivity contribution >= 4 is 0 Å². The average molecular weight is 214 g/mol. The van der Waals surface area contributed by atoms with Crippen molar-refractivity contribution in [3.63, 3.8) is 0 Å². The fourth-order valence-corrected chi connectivity index (χ4v) is 2.27. The van der Waals surface area contributed by atoms with Gasteiger partial charge in [0, 0.05) is 19.2 Å². The van der Waals surface area contributed by atoms with Crippen LogP contribution >= 0.6 is 0 Å². The number of nitrogens with two attached hydrogens (primary N) is 1. The van der Waals surface area contributed by atoms with E-state index in [1.807, 2.05) is 0 Å². The topological polar surface area (TPSA) is 38.5 Å². The van der Waals surface area contributed by atoms with Crippen molar-refractivity contribution in [1.82, 2.24) is 4.90 Å². The van der Waals surface area contributed by atoms with Gasteiger partial charge < -0.3 is 10.5 Å². The van der Waals surface area contributed by atoms with Gasteiger partial charge >= 0.3 is 0 Å². The summed E-state index contributed by atoms with van der Waals surface area (Å²) in [4.78, 5) is 2.52. The molecule has 0 spiro atoms. The first-order valence-corrected chi connectivity index (χ1v) is 6.33. The third-order valence-corrected chi connectivity index (χ3v) is 3.32. The Balaban J connectivity index is 2.26. The van der Waals surface area contributed by atoms with Gasteiger partial charge in [0.15, 0.2) is 0 Å². The summed E-state index contributed by atoms with van der Waals surface area (Å²) in [7, 11) is 0. The lowest BCUT2D eigenvalue weighted by molar-refractivity contribution is 0.0603. The van der Waals surface area contributed by atoms with Gasteiger partial charge in [-0.2, -0.15) is 0 Å². The molecule has 2 atom stereocenters. The summed E-state index contributed by atoms with van der Waals surface area (Å²) in [6.07, 6.45) is 5.28. The van der Waals surface area contributed by atoms with Crippen LogP contribution in [-0.4, -0.2) is 43.3 Å². The molecule has 1 fully saturated rings. The second-order valence-electron chi connectivity index (χ2n) is 4.50. The largest absolute Gasteiger partial charge is 0.377 e. The molecule has 0 aromatic heterocycles. The predicted molar refractivity (Wildman–Crippen MR) is 64.0 cm³/mol. The highest BCUT2D eigenvalue weighted by Crippen LogP contribution is 2.15. The van der Waals surface area contributed by atoms with Crippen LogP contribution in [0.1, 0.15) is 39.5 Å². The van der Waals surface area contributed by atoms with Gasteiger partial charge in [-0.3, -0.25) is 4.90 Å². The first-order chi connectivity index (χ1) is 7.27. The molecule has 0 aromatic carbocycles. The quantitative estimate of drug-likeness (QED) is 0.700. The van der Waals surface area contributed by atoms with E-state index in [9.17, 15) is 0 Å². The summed E-state index contributed by atoms with van der Waals surface area (Å²) in [6, 6.07) is 0.641. The van der Waals surface area contributed by atoms with E-state index in [0.717, 1.165) is 32.7 Å². The van der Waals surface area contributed by atoms with E-state index in [0.29, 0.717) is 12.1 Å².